The summed E-state index contributed by atoms with van der Waals surface area (Å²) in [6, 6.07) is 3.86. The third-order valence-corrected chi connectivity index (χ3v) is 1.50. The van der Waals surface area contributed by atoms with Crippen molar-refractivity contribution in [3.63, 3.8) is 0 Å². The lowest BCUT2D eigenvalue weighted by atomic mass is 10.2. The van der Waals surface area contributed by atoms with Crippen LogP contribution in [0.25, 0.3) is 0 Å². The fourth-order valence-corrected chi connectivity index (χ4v) is 0.857. The lowest BCUT2D eigenvalue weighted by Crippen LogP contribution is -2.19. The monoisotopic (exact) mass is 193 g/mol. The average Bonchev–Trinajstić information content (AvgIpc) is 2.05. The van der Waals surface area contributed by atoms with Crippen molar-refractivity contribution < 1.29 is 13.9 Å². The molecule has 0 aliphatic heterocycles. The van der Waals surface area contributed by atoms with E-state index in [9.17, 15) is 8.78 Å². The first kappa shape index (κ1) is 9.35. The van der Waals surface area contributed by atoms with Gasteiger partial charge in [-0.15, -0.1) is 0 Å². The van der Waals surface area contributed by atoms with Gasteiger partial charge in [-0.3, -0.25) is 0 Å². The van der Waals surface area contributed by atoms with Crippen LogP contribution in [0.1, 0.15) is 5.69 Å². The van der Waals surface area contributed by atoms with E-state index in [-0.39, 0.29) is 5.15 Å². The highest BCUT2D eigenvalue weighted by Gasteiger charge is 2.32. The second kappa shape index (κ2) is 3.33. The van der Waals surface area contributed by atoms with Gasteiger partial charge in [-0.05, 0) is 12.1 Å². The van der Waals surface area contributed by atoms with Gasteiger partial charge in [0.25, 0.3) is 0 Å². The number of rotatable bonds is 2. The van der Waals surface area contributed by atoms with Gasteiger partial charge in [-0.25, -0.2) is 4.98 Å². The molecule has 1 heterocycles. The van der Waals surface area contributed by atoms with Crippen LogP contribution < -0.4 is 0 Å². The van der Waals surface area contributed by atoms with Crippen molar-refractivity contribution in [2.75, 3.05) is 6.61 Å². The molecule has 1 aromatic heterocycles. The highest BCUT2D eigenvalue weighted by molar-refractivity contribution is 6.29. The van der Waals surface area contributed by atoms with E-state index in [0.29, 0.717) is 0 Å². The minimum atomic E-state index is -3.31. The van der Waals surface area contributed by atoms with Crippen molar-refractivity contribution in [3.05, 3.63) is 29.0 Å². The van der Waals surface area contributed by atoms with Gasteiger partial charge in [0, 0.05) is 0 Å². The SMILES string of the molecule is OCC(F)(F)c1cccc(Cl)n1. The summed E-state index contributed by atoms with van der Waals surface area (Å²) in [5.41, 5.74) is -0.516. The summed E-state index contributed by atoms with van der Waals surface area (Å²) in [7, 11) is 0. The fraction of sp³-hybridized carbons (Fsp3) is 0.286. The molecule has 0 aromatic carbocycles. The molecule has 0 saturated heterocycles. The Bertz CT molecular complexity index is 280. The molecule has 0 aliphatic rings. The molecule has 0 fully saturated rings. The van der Waals surface area contributed by atoms with E-state index >= 15 is 0 Å². The molecular formula is C7H6ClF2NO. The molecule has 0 spiro atoms. The smallest absolute Gasteiger partial charge is 0.312 e. The summed E-state index contributed by atoms with van der Waals surface area (Å²) in [4.78, 5) is 3.37. The van der Waals surface area contributed by atoms with E-state index < -0.39 is 18.2 Å². The molecule has 0 atom stereocenters. The number of aromatic nitrogens is 1. The number of alkyl halides is 2. The quantitative estimate of drug-likeness (QED) is 0.727. The van der Waals surface area contributed by atoms with E-state index in [0.717, 1.165) is 6.07 Å². The van der Waals surface area contributed by atoms with E-state index in [4.69, 9.17) is 16.7 Å². The predicted octanol–water partition coefficient (Wildman–Crippen LogP) is 1.82. The van der Waals surface area contributed by atoms with Crippen LogP contribution in [0.15, 0.2) is 18.2 Å². The molecule has 12 heavy (non-hydrogen) atoms. The summed E-state index contributed by atoms with van der Waals surface area (Å²) in [5, 5.41) is 8.29. The third-order valence-electron chi connectivity index (χ3n) is 1.29. The molecule has 1 N–H and O–H groups in total. The Balaban J connectivity index is 3.03. The molecule has 0 radical (unpaired) electrons. The largest absolute Gasteiger partial charge is 0.390 e. The Labute approximate surface area is 72.8 Å². The van der Waals surface area contributed by atoms with Gasteiger partial charge < -0.3 is 5.11 Å². The van der Waals surface area contributed by atoms with Crippen molar-refractivity contribution in [2.24, 2.45) is 0 Å². The maximum Gasteiger partial charge on any atom is 0.312 e. The third kappa shape index (κ3) is 1.89. The second-order valence-corrected chi connectivity index (χ2v) is 2.60. The molecule has 0 saturated carbocycles. The molecule has 0 amide bonds. The number of pyridine rings is 1. The Morgan fingerprint density at radius 2 is 2.17 bits per heavy atom. The molecule has 1 rings (SSSR count). The number of aliphatic hydroxyl groups is 1. The first-order valence-electron chi connectivity index (χ1n) is 3.18. The van der Waals surface area contributed by atoms with Crippen LogP contribution in [0.2, 0.25) is 5.15 Å². The molecule has 0 bridgehead atoms. The standard InChI is InChI=1S/C7H6ClF2NO/c8-6-3-1-2-5(11-6)7(9,10)4-12/h1-3,12H,4H2. The normalized spacial score (nSPS) is 11.7. The van der Waals surface area contributed by atoms with Crippen LogP contribution >= 0.6 is 11.6 Å². The van der Waals surface area contributed by atoms with Gasteiger partial charge in [0.2, 0.25) is 0 Å². The Morgan fingerprint density at radius 3 is 2.67 bits per heavy atom. The van der Waals surface area contributed by atoms with Gasteiger partial charge >= 0.3 is 5.92 Å². The van der Waals surface area contributed by atoms with Crippen molar-refractivity contribution in [3.8, 4) is 0 Å². The van der Waals surface area contributed by atoms with Gasteiger partial charge in [0.1, 0.15) is 17.5 Å². The van der Waals surface area contributed by atoms with E-state index in [2.05, 4.69) is 4.98 Å². The number of aliphatic hydroxyl groups excluding tert-OH is 1. The zero-order chi connectivity index (χ0) is 9.19. The lowest BCUT2D eigenvalue weighted by molar-refractivity contribution is -0.0592. The minimum Gasteiger partial charge on any atom is -0.390 e. The Kier molecular flexibility index (Phi) is 2.59. The number of nitrogens with zero attached hydrogens (tertiary/aromatic N) is 1. The van der Waals surface area contributed by atoms with Crippen LogP contribution in [0.4, 0.5) is 8.78 Å². The van der Waals surface area contributed by atoms with Crippen molar-refractivity contribution in [2.45, 2.75) is 5.92 Å². The molecule has 66 valence electrons. The van der Waals surface area contributed by atoms with Crippen molar-refractivity contribution in [1.82, 2.24) is 4.98 Å². The molecule has 2 nitrogen and oxygen atoms in total. The number of halogens is 3. The predicted molar refractivity (Wildman–Crippen MR) is 40.2 cm³/mol. The molecule has 0 unspecified atom stereocenters. The molecule has 0 aliphatic carbocycles. The van der Waals surface area contributed by atoms with E-state index in [1.807, 2.05) is 0 Å². The topological polar surface area (TPSA) is 33.1 Å². The molecule has 1 aromatic rings. The molecular weight excluding hydrogens is 188 g/mol. The average molecular weight is 194 g/mol. The lowest BCUT2D eigenvalue weighted by Gasteiger charge is -2.11. The van der Waals surface area contributed by atoms with Crippen LogP contribution in [0.5, 0.6) is 0 Å². The Morgan fingerprint density at radius 1 is 1.50 bits per heavy atom. The second-order valence-electron chi connectivity index (χ2n) is 2.21. The summed E-state index contributed by atoms with van der Waals surface area (Å²) in [5.74, 6) is -3.31. The van der Waals surface area contributed by atoms with Crippen molar-refractivity contribution >= 4 is 11.6 Å². The Hall–Kier alpha value is -0.740. The van der Waals surface area contributed by atoms with E-state index in [1.165, 1.54) is 12.1 Å². The summed E-state index contributed by atoms with van der Waals surface area (Å²) in [6.07, 6.45) is 0. The number of hydrogen-bond donors (Lipinski definition) is 1. The van der Waals surface area contributed by atoms with Gasteiger partial charge in [0.15, 0.2) is 0 Å². The first-order chi connectivity index (χ1) is 5.56. The fourth-order valence-electron chi connectivity index (χ4n) is 0.693. The van der Waals surface area contributed by atoms with Gasteiger partial charge in [-0.1, -0.05) is 17.7 Å². The van der Waals surface area contributed by atoms with Gasteiger partial charge in [0.05, 0.1) is 0 Å². The maximum atomic E-state index is 12.7. The van der Waals surface area contributed by atoms with Crippen LogP contribution in [-0.4, -0.2) is 16.7 Å². The minimum absolute atomic E-state index is 0.0133. The number of hydrogen-bond acceptors (Lipinski definition) is 2. The maximum absolute atomic E-state index is 12.7. The molecule has 5 heteroatoms. The zero-order valence-corrected chi connectivity index (χ0v) is 6.72. The van der Waals surface area contributed by atoms with E-state index in [1.54, 1.807) is 0 Å². The summed E-state index contributed by atoms with van der Waals surface area (Å²) >= 11 is 5.38. The highest BCUT2D eigenvalue weighted by atomic mass is 35.5. The van der Waals surface area contributed by atoms with Crippen LogP contribution in [-0.2, 0) is 5.92 Å². The van der Waals surface area contributed by atoms with Gasteiger partial charge in [-0.2, -0.15) is 8.78 Å². The highest BCUT2D eigenvalue weighted by Crippen LogP contribution is 2.25. The van der Waals surface area contributed by atoms with Crippen molar-refractivity contribution in [1.29, 1.82) is 0 Å². The first-order valence-corrected chi connectivity index (χ1v) is 3.56. The van der Waals surface area contributed by atoms with Crippen LogP contribution in [0.3, 0.4) is 0 Å². The van der Waals surface area contributed by atoms with Crippen LogP contribution in [0, 0.1) is 0 Å². The zero-order valence-electron chi connectivity index (χ0n) is 5.97. The summed E-state index contributed by atoms with van der Waals surface area (Å²) in [6.45, 7) is -1.26. The summed E-state index contributed by atoms with van der Waals surface area (Å²) < 4.78 is 25.4.